The van der Waals surface area contributed by atoms with Crippen LogP contribution in [0, 0.1) is 45.8 Å². The summed E-state index contributed by atoms with van der Waals surface area (Å²) in [7, 11) is 0. The maximum atomic E-state index is 11.3. The van der Waals surface area contributed by atoms with E-state index in [1.165, 1.54) is 38.5 Å². The van der Waals surface area contributed by atoms with Crippen molar-refractivity contribution < 1.29 is 5.11 Å². The van der Waals surface area contributed by atoms with E-state index in [0.29, 0.717) is 16.7 Å². The number of hydrogen-bond donors (Lipinski definition) is 1. The van der Waals surface area contributed by atoms with E-state index in [2.05, 4.69) is 48.5 Å². The molecule has 0 amide bonds. The van der Waals surface area contributed by atoms with Gasteiger partial charge in [0.05, 0.1) is 6.10 Å². The fraction of sp³-hybridized carbons (Fsp3) is 1.00. The predicted octanol–water partition coefficient (Wildman–Crippen LogP) is 5.91. The number of hydrogen-bond acceptors (Lipinski definition) is 1. The average Bonchev–Trinajstić information content (AvgIpc) is 3.08. The molecule has 0 aromatic carbocycles. The van der Waals surface area contributed by atoms with E-state index in [9.17, 15) is 5.11 Å². The molecule has 0 aliphatic heterocycles. The van der Waals surface area contributed by atoms with Crippen molar-refractivity contribution in [2.75, 3.05) is 0 Å². The molecular weight excluding hydrogens is 280 g/mol. The lowest BCUT2D eigenvalue weighted by atomic mass is 9.51. The summed E-state index contributed by atoms with van der Waals surface area (Å²) in [6.45, 7) is 17.1. The lowest BCUT2D eigenvalue weighted by molar-refractivity contribution is -0.107. The summed E-state index contributed by atoms with van der Waals surface area (Å²) < 4.78 is 0. The smallest absolute Gasteiger partial charge is 0.0627 e. The third kappa shape index (κ3) is 2.79. The van der Waals surface area contributed by atoms with Crippen LogP contribution >= 0.6 is 0 Å². The van der Waals surface area contributed by atoms with Crippen molar-refractivity contribution in [3.8, 4) is 0 Å². The Morgan fingerprint density at radius 1 is 1.00 bits per heavy atom. The van der Waals surface area contributed by atoms with Gasteiger partial charge >= 0.3 is 0 Å². The zero-order valence-corrected chi connectivity index (χ0v) is 16.7. The van der Waals surface area contributed by atoms with E-state index in [4.69, 9.17) is 0 Å². The minimum atomic E-state index is -0.0248. The highest BCUT2D eigenvalue weighted by Gasteiger charge is 2.66. The number of aliphatic hydroxyl groups excluding tert-OH is 1. The summed E-state index contributed by atoms with van der Waals surface area (Å²) >= 11 is 0. The summed E-state index contributed by atoms with van der Waals surface area (Å²) in [4.78, 5) is 0. The van der Waals surface area contributed by atoms with Gasteiger partial charge in [0.15, 0.2) is 0 Å². The van der Waals surface area contributed by atoms with E-state index in [1.54, 1.807) is 0 Å². The molecule has 0 aromatic rings. The summed E-state index contributed by atoms with van der Waals surface area (Å²) in [5.74, 6) is 3.79. The zero-order chi connectivity index (χ0) is 17.2. The highest BCUT2D eigenvalue weighted by Crippen LogP contribution is 2.71. The average molecular weight is 321 g/mol. The Kier molecular flexibility index (Phi) is 4.23. The van der Waals surface area contributed by atoms with Gasteiger partial charge in [-0.1, -0.05) is 54.9 Å². The van der Waals surface area contributed by atoms with E-state index in [-0.39, 0.29) is 11.5 Å². The van der Waals surface area contributed by atoms with Crippen LogP contribution in [0.3, 0.4) is 0 Å². The van der Waals surface area contributed by atoms with Crippen molar-refractivity contribution in [2.45, 2.75) is 93.1 Å². The molecule has 6 unspecified atom stereocenters. The predicted molar refractivity (Wildman–Crippen MR) is 98.2 cm³/mol. The van der Waals surface area contributed by atoms with Gasteiger partial charge in [-0.05, 0) is 77.9 Å². The lowest BCUT2D eigenvalue weighted by Gasteiger charge is -2.54. The summed E-state index contributed by atoms with van der Waals surface area (Å²) in [6.07, 6.45) is 7.67. The largest absolute Gasteiger partial charge is 0.392 e. The molecule has 0 aromatic heterocycles. The molecule has 0 radical (unpaired) electrons. The molecule has 0 heterocycles. The van der Waals surface area contributed by atoms with E-state index < -0.39 is 0 Å². The fourth-order valence-electron chi connectivity index (χ4n) is 7.12. The molecular formula is C22H40O. The van der Waals surface area contributed by atoms with Gasteiger partial charge < -0.3 is 5.11 Å². The van der Waals surface area contributed by atoms with Gasteiger partial charge in [0.1, 0.15) is 0 Å². The van der Waals surface area contributed by atoms with Gasteiger partial charge in [0.2, 0.25) is 0 Å². The highest BCUT2D eigenvalue weighted by atomic mass is 16.3. The number of aliphatic hydroxyl groups is 1. The Morgan fingerprint density at radius 3 is 2.00 bits per heavy atom. The van der Waals surface area contributed by atoms with Crippen molar-refractivity contribution in [1.82, 2.24) is 0 Å². The zero-order valence-electron chi connectivity index (χ0n) is 16.7. The fourth-order valence-corrected chi connectivity index (χ4v) is 7.12. The van der Waals surface area contributed by atoms with E-state index >= 15 is 0 Å². The molecule has 6 atom stereocenters. The molecule has 23 heavy (non-hydrogen) atoms. The Bertz CT molecular complexity index is 436. The maximum absolute atomic E-state index is 11.3. The van der Waals surface area contributed by atoms with Gasteiger partial charge in [0, 0.05) is 0 Å². The van der Waals surface area contributed by atoms with Gasteiger partial charge in [-0.2, -0.15) is 0 Å². The van der Waals surface area contributed by atoms with Gasteiger partial charge in [-0.25, -0.2) is 0 Å². The van der Waals surface area contributed by atoms with Crippen LogP contribution in [-0.4, -0.2) is 11.2 Å². The van der Waals surface area contributed by atoms with Crippen LogP contribution in [0.5, 0.6) is 0 Å². The SMILES string of the molecule is CCCC1(C(O)C2CC2)CC2CC1C(C(C)(C)C)C2C(C)(C)C. The topological polar surface area (TPSA) is 20.2 Å². The van der Waals surface area contributed by atoms with Crippen LogP contribution in [0.25, 0.3) is 0 Å². The molecule has 0 spiro atoms. The highest BCUT2D eigenvalue weighted by molar-refractivity contribution is 5.15. The second-order valence-corrected chi connectivity index (χ2v) is 11.4. The van der Waals surface area contributed by atoms with Gasteiger partial charge in [-0.3, -0.25) is 0 Å². The minimum Gasteiger partial charge on any atom is -0.392 e. The van der Waals surface area contributed by atoms with Crippen LogP contribution in [0.15, 0.2) is 0 Å². The summed E-state index contributed by atoms with van der Waals surface area (Å²) in [5, 5.41) is 11.3. The van der Waals surface area contributed by atoms with Crippen molar-refractivity contribution in [3.63, 3.8) is 0 Å². The van der Waals surface area contributed by atoms with Crippen LogP contribution in [0.4, 0.5) is 0 Å². The van der Waals surface area contributed by atoms with E-state index in [1.807, 2.05) is 0 Å². The van der Waals surface area contributed by atoms with Crippen molar-refractivity contribution >= 4 is 0 Å². The number of fused-ring (bicyclic) bond motifs is 2. The molecule has 1 heteroatoms. The first kappa shape index (κ1) is 17.8. The van der Waals surface area contributed by atoms with Crippen LogP contribution < -0.4 is 0 Å². The molecule has 3 saturated carbocycles. The Morgan fingerprint density at radius 2 is 1.57 bits per heavy atom. The maximum Gasteiger partial charge on any atom is 0.0627 e. The Labute approximate surface area is 144 Å². The van der Waals surface area contributed by atoms with Gasteiger partial charge in [0.25, 0.3) is 0 Å². The van der Waals surface area contributed by atoms with Crippen LogP contribution in [0.1, 0.15) is 87.0 Å². The van der Waals surface area contributed by atoms with Crippen LogP contribution in [-0.2, 0) is 0 Å². The Balaban J connectivity index is 1.98. The standard InChI is InChI=1S/C22H40O/c1-8-11-22(19(23)14-9-10-14)13-15-12-16(22)18(21(5,6)7)17(15)20(2,3)4/h14-19,23H,8-13H2,1-7H3. The first-order valence-corrected chi connectivity index (χ1v) is 10.2. The minimum absolute atomic E-state index is 0.0248. The molecule has 0 saturated heterocycles. The molecule has 3 rings (SSSR count). The molecule has 3 fully saturated rings. The Hall–Kier alpha value is -0.0400. The molecule has 1 N–H and O–H groups in total. The van der Waals surface area contributed by atoms with E-state index in [0.717, 1.165) is 23.7 Å². The second-order valence-electron chi connectivity index (χ2n) is 11.4. The molecule has 2 bridgehead atoms. The number of rotatable bonds is 4. The van der Waals surface area contributed by atoms with Crippen molar-refractivity contribution in [1.29, 1.82) is 0 Å². The first-order valence-electron chi connectivity index (χ1n) is 10.2. The summed E-state index contributed by atoms with van der Waals surface area (Å²) in [5.41, 5.74) is 0.973. The molecule has 3 aliphatic rings. The van der Waals surface area contributed by atoms with Crippen molar-refractivity contribution in [3.05, 3.63) is 0 Å². The van der Waals surface area contributed by atoms with Crippen LogP contribution in [0.2, 0.25) is 0 Å². The molecule has 134 valence electrons. The van der Waals surface area contributed by atoms with Gasteiger partial charge in [-0.15, -0.1) is 0 Å². The quantitative estimate of drug-likeness (QED) is 0.683. The molecule has 1 nitrogen and oxygen atoms in total. The lowest BCUT2D eigenvalue weighted by Crippen LogP contribution is -2.51. The monoisotopic (exact) mass is 320 g/mol. The second kappa shape index (κ2) is 5.48. The normalized spacial score (nSPS) is 42.3. The summed E-state index contributed by atoms with van der Waals surface area (Å²) in [6, 6.07) is 0. The van der Waals surface area contributed by atoms with Crippen molar-refractivity contribution in [2.24, 2.45) is 45.8 Å². The third-order valence-corrected chi connectivity index (χ3v) is 7.64. The third-order valence-electron chi connectivity index (χ3n) is 7.64. The molecule has 3 aliphatic carbocycles. The first-order chi connectivity index (χ1) is 10.5.